The molecule has 0 unspecified atom stereocenters. The molecule has 6 nitrogen and oxygen atoms in total. The smallest absolute Gasteiger partial charge is 0.318 e. The highest BCUT2D eigenvalue weighted by Gasteiger charge is 2.27. The average Bonchev–Trinajstić information content (AvgIpc) is 2.58. The van der Waals surface area contributed by atoms with Gasteiger partial charge in [0.25, 0.3) is 0 Å². The number of hydrogen-bond donors (Lipinski definition) is 1. The first-order valence-electron chi connectivity index (χ1n) is 7.82. The summed E-state index contributed by atoms with van der Waals surface area (Å²) in [5, 5.41) is 12.7. The van der Waals surface area contributed by atoms with Crippen LogP contribution >= 0.6 is 0 Å². The van der Waals surface area contributed by atoms with Crippen LogP contribution in [-0.2, 0) is 9.84 Å². The Morgan fingerprint density at radius 3 is 2.71 bits per heavy atom. The van der Waals surface area contributed by atoms with Gasteiger partial charge in [0.1, 0.15) is 0 Å². The maximum absolute atomic E-state index is 12.4. The Kier molecular flexibility index (Phi) is 5.99. The highest BCUT2D eigenvalue weighted by molar-refractivity contribution is 7.93. The Morgan fingerprint density at radius 2 is 2.08 bits per heavy atom. The van der Waals surface area contributed by atoms with E-state index in [2.05, 4.69) is 11.4 Å². The maximum atomic E-state index is 12.4. The summed E-state index contributed by atoms with van der Waals surface area (Å²) in [5.41, 5.74) is 1.60. The number of carbonyl (C=O) groups excluding carboxylic acids is 1. The summed E-state index contributed by atoms with van der Waals surface area (Å²) in [6.07, 6.45) is 5.39. The molecule has 1 fully saturated rings. The molecule has 1 aliphatic rings. The molecule has 0 saturated carbocycles. The lowest BCUT2D eigenvalue weighted by Crippen LogP contribution is -2.44. The fourth-order valence-corrected chi connectivity index (χ4v) is 3.22. The highest BCUT2D eigenvalue weighted by Crippen LogP contribution is 2.30. The first-order chi connectivity index (χ1) is 11.4. The van der Waals surface area contributed by atoms with Crippen molar-refractivity contribution in [3.63, 3.8) is 0 Å². The Bertz CT molecular complexity index is 748. The topological polar surface area (TPSA) is 90.3 Å². The lowest BCUT2D eigenvalue weighted by atomic mass is 9.95. The number of nitriles is 1. The summed E-state index contributed by atoms with van der Waals surface area (Å²) in [5.74, 6) is 0. The number of nitrogens with zero attached hydrogens (tertiary/aromatic N) is 2. The van der Waals surface area contributed by atoms with Gasteiger partial charge in [-0.25, -0.2) is 13.2 Å². The third-order valence-corrected chi connectivity index (χ3v) is 4.59. The summed E-state index contributed by atoms with van der Waals surface area (Å²) >= 11 is 0. The lowest BCUT2D eigenvalue weighted by molar-refractivity contribution is 0.152. The fourth-order valence-electron chi connectivity index (χ4n) is 2.77. The Balaban J connectivity index is 2.04. The Morgan fingerprint density at radius 1 is 1.38 bits per heavy atom. The van der Waals surface area contributed by atoms with Crippen molar-refractivity contribution in [2.24, 2.45) is 0 Å². The molecule has 2 amide bonds. The lowest BCUT2D eigenvalue weighted by Gasteiger charge is -2.36. The molecule has 0 aromatic heterocycles. The second-order valence-electron chi connectivity index (χ2n) is 5.83. The van der Waals surface area contributed by atoms with Gasteiger partial charge >= 0.3 is 6.03 Å². The van der Waals surface area contributed by atoms with Crippen LogP contribution in [0, 0.1) is 11.3 Å². The van der Waals surface area contributed by atoms with Crippen molar-refractivity contribution in [3.8, 4) is 6.07 Å². The number of sulfone groups is 1. The Hall–Kier alpha value is -2.33. The maximum Gasteiger partial charge on any atom is 0.318 e. The van der Waals surface area contributed by atoms with Crippen molar-refractivity contribution in [1.82, 2.24) is 10.2 Å². The largest absolute Gasteiger partial charge is 0.334 e. The molecule has 2 rings (SSSR count). The predicted octanol–water partition coefficient (Wildman–Crippen LogP) is 2.35. The van der Waals surface area contributed by atoms with Crippen molar-refractivity contribution < 1.29 is 13.2 Å². The van der Waals surface area contributed by atoms with Crippen LogP contribution in [0.5, 0.6) is 0 Å². The highest BCUT2D eigenvalue weighted by atomic mass is 32.2. The molecule has 0 aliphatic carbocycles. The number of piperidine rings is 1. The van der Waals surface area contributed by atoms with Gasteiger partial charge in [-0.3, -0.25) is 0 Å². The zero-order chi connectivity index (χ0) is 17.6. The minimum absolute atomic E-state index is 0.0228. The van der Waals surface area contributed by atoms with Crippen LogP contribution in [0.2, 0.25) is 0 Å². The van der Waals surface area contributed by atoms with E-state index in [-0.39, 0.29) is 18.6 Å². The minimum Gasteiger partial charge on any atom is -0.334 e. The third kappa shape index (κ3) is 5.10. The van der Waals surface area contributed by atoms with Crippen molar-refractivity contribution in [2.75, 3.05) is 19.3 Å². The van der Waals surface area contributed by atoms with Gasteiger partial charge in [-0.1, -0.05) is 18.2 Å². The number of urea groups is 1. The van der Waals surface area contributed by atoms with Crippen LogP contribution < -0.4 is 5.32 Å². The van der Waals surface area contributed by atoms with E-state index < -0.39 is 9.84 Å². The number of likely N-dealkylation sites (tertiary alicyclic amines) is 1. The number of amides is 2. The molecule has 0 spiro atoms. The van der Waals surface area contributed by atoms with Crippen LogP contribution in [0.25, 0.3) is 0 Å². The van der Waals surface area contributed by atoms with Gasteiger partial charge in [0.05, 0.1) is 17.7 Å². The van der Waals surface area contributed by atoms with Crippen LogP contribution in [0.15, 0.2) is 35.7 Å². The Labute approximate surface area is 142 Å². The first-order valence-corrected chi connectivity index (χ1v) is 9.77. The third-order valence-electron chi connectivity index (χ3n) is 3.90. The normalized spacial score (nSPS) is 18.3. The summed E-state index contributed by atoms with van der Waals surface area (Å²) < 4.78 is 22.1. The molecule has 0 radical (unpaired) electrons. The molecule has 1 N–H and O–H groups in total. The van der Waals surface area contributed by atoms with Crippen LogP contribution in [0.4, 0.5) is 4.79 Å². The van der Waals surface area contributed by atoms with Crippen LogP contribution in [0.3, 0.4) is 0 Å². The fraction of sp³-hybridized carbons (Fsp3) is 0.412. The van der Waals surface area contributed by atoms with Gasteiger partial charge in [-0.05, 0) is 37.0 Å². The minimum atomic E-state index is -3.18. The zero-order valence-electron chi connectivity index (χ0n) is 13.6. The molecule has 1 aliphatic heterocycles. The van der Waals surface area contributed by atoms with Gasteiger partial charge in [0.15, 0.2) is 9.84 Å². The van der Waals surface area contributed by atoms with Crippen molar-refractivity contribution in [2.45, 2.75) is 25.3 Å². The molecule has 128 valence electrons. The molecule has 1 saturated heterocycles. The molecule has 7 heteroatoms. The predicted molar refractivity (Wildman–Crippen MR) is 91.8 cm³/mol. The monoisotopic (exact) mass is 347 g/mol. The SMILES string of the molecule is CS(=O)(=O)/C=C/CNC(=O)N1CCCC[C@@H]1c1ccc(C#N)cc1. The van der Waals surface area contributed by atoms with E-state index in [1.807, 2.05) is 12.1 Å². The van der Waals surface area contributed by atoms with E-state index in [0.717, 1.165) is 36.5 Å². The number of nitrogens with one attached hydrogen (secondary N) is 1. The molecule has 1 aromatic carbocycles. The molecule has 1 heterocycles. The zero-order valence-corrected chi connectivity index (χ0v) is 14.4. The van der Waals surface area contributed by atoms with E-state index in [0.29, 0.717) is 12.1 Å². The summed E-state index contributed by atoms with van der Waals surface area (Å²) in [4.78, 5) is 14.2. The molecular weight excluding hydrogens is 326 g/mol. The average molecular weight is 347 g/mol. The standard InChI is InChI=1S/C17H21N3O3S/c1-24(22,23)12-4-10-19-17(21)20-11-3-2-5-16(20)15-8-6-14(13-18)7-9-15/h4,6-9,12,16H,2-3,5,10-11H2,1H3,(H,19,21)/b12-4+/t16-/m1/s1. The molecule has 1 aromatic rings. The quantitative estimate of drug-likeness (QED) is 0.905. The van der Waals surface area contributed by atoms with Crippen LogP contribution in [-0.4, -0.2) is 38.7 Å². The number of hydrogen-bond acceptors (Lipinski definition) is 4. The van der Waals surface area contributed by atoms with Gasteiger partial charge in [-0.15, -0.1) is 0 Å². The van der Waals surface area contributed by atoms with Gasteiger partial charge < -0.3 is 10.2 Å². The molecular formula is C17H21N3O3S. The van der Waals surface area contributed by atoms with E-state index in [4.69, 9.17) is 5.26 Å². The molecule has 1 atom stereocenters. The van der Waals surface area contributed by atoms with E-state index in [1.54, 1.807) is 17.0 Å². The molecule has 0 bridgehead atoms. The van der Waals surface area contributed by atoms with Crippen molar-refractivity contribution in [3.05, 3.63) is 46.9 Å². The van der Waals surface area contributed by atoms with Gasteiger partial charge in [0, 0.05) is 24.8 Å². The number of benzene rings is 1. The number of rotatable bonds is 4. The summed E-state index contributed by atoms with van der Waals surface area (Å²) in [6.45, 7) is 0.828. The van der Waals surface area contributed by atoms with Crippen molar-refractivity contribution in [1.29, 1.82) is 5.26 Å². The van der Waals surface area contributed by atoms with Gasteiger partial charge in [0.2, 0.25) is 0 Å². The first kappa shape index (κ1) is 18.0. The van der Waals surface area contributed by atoms with Gasteiger partial charge in [-0.2, -0.15) is 5.26 Å². The van der Waals surface area contributed by atoms with Crippen molar-refractivity contribution >= 4 is 15.9 Å². The van der Waals surface area contributed by atoms with E-state index in [9.17, 15) is 13.2 Å². The van der Waals surface area contributed by atoms with Crippen LogP contribution in [0.1, 0.15) is 36.4 Å². The number of carbonyl (C=O) groups is 1. The second-order valence-corrected chi connectivity index (χ2v) is 7.76. The van der Waals surface area contributed by atoms with E-state index in [1.165, 1.54) is 6.08 Å². The second kappa shape index (κ2) is 7.97. The summed E-state index contributed by atoms with van der Waals surface area (Å²) in [7, 11) is -3.18. The summed E-state index contributed by atoms with van der Waals surface area (Å²) in [6, 6.07) is 9.15. The molecule has 24 heavy (non-hydrogen) atoms. The van der Waals surface area contributed by atoms with E-state index >= 15 is 0 Å².